The number of nitrogens with zero attached hydrogens (tertiary/aromatic N) is 1. The molecule has 2 amide bonds. The first kappa shape index (κ1) is 21.7. The van der Waals surface area contributed by atoms with Crippen molar-refractivity contribution in [2.75, 3.05) is 11.5 Å². The number of rotatable bonds is 4. The summed E-state index contributed by atoms with van der Waals surface area (Å²) in [5.41, 5.74) is 2.36. The van der Waals surface area contributed by atoms with Crippen molar-refractivity contribution in [3.63, 3.8) is 0 Å². The summed E-state index contributed by atoms with van der Waals surface area (Å²) in [5.74, 6) is -3.47. The van der Waals surface area contributed by atoms with Crippen LogP contribution in [-0.2, 0) is 24.5 Å². The zero-order chi connectivity index (χ0) is 24.5. The van der Waals surface area contributed by atoms with E-state index in [9.17, 15) is 19.2 Å². The smallest absolute Gasteiger partial charge is 0.339 e. The van der Waals surface area contributed by atoms with E-state index < -0.39 is 35.0 Å². The van der Waals surface area contributed by atoms with E-state index >= 15 is 0 Å². The van der Waals surface area contributed by atoms with Gasteiger partial charge in [-0.05, 0) is 47.4 Å². The molecule has 7 heteroatoms. The van der Waals surface area contributed by atoms with Crippen molar-refractivity contribution in [1.29, 1.82) is 0 Å². The molecule has 7 rings (SSSR count). The molecule has 35 heavy (non-hydrogen) atoms. The van der Waals surface area contributed by atoms with Crippen molar-refractivity contribution >= 4 is 41.4 Å². The lowest BCUT2D eigenvalue weighted by atomic mass is 9.48. The number of anilines is 1. The van der Waals surface area contributed by atoms with Crippen LogP contribution in [0.1, 0.15) is 45.5 Å². The van der Waals surface area contributed by atoms with Crippen LogP contribution in [0.4, 0.5) is 5.69 Å². The number of hydrogen-bond acceptors (Lipinski definition) is 5. The molecule has 1 fully saturated rings. The van der Waals surface area contributed by atoms with Crippen molar-refractivity contribution in [3.8, 4) is 0 Å². The second-order valence-electron chi connectivity index (χ2n) is 9.04. The zero-order valence-corrected chi connectivity index (χ0v) is 19.5. The average Bonchev–Trinajstić information content (AvgIpc) is 3.15. The Morgan fingerprint density at radius 1 is 1.00 bits per heavy atom. The maximum Gasteiger partial charge on any atom is 0.339 e. The number of carbonyl (C=O) groups excluding carboxylic acids is 4. The van der Waals surface area contributed by atoms with Gasteiger partial charge in [-0.25, -0.2) is 9.69 Å². The zero-order valence-electron chi connectivity index (χ0n) is 18.7. The van der Waals surface area contributed by atoms with Gasteiger partial charge in [0.1, 0.15) is 6.29 Å². The van der Waals surface area contributed by atoms with Gasteiger partial charge in [0.25, 0.3) is 0 Å². The number of aldehydes is 1. The summed E-state index contributed by atoms with van der Waals surface area (Å²) in [7, 11) is 0. The Kier molecular flexibility index (Phi) is 4.73. The van der Waals surface area contributed by atoms with Gasteiger partial charge in [-0.3, -0.25) is 9.59 Å². The summed E-state index contributed by atoms with van der Waals surface area (Å²) in [6.07, 6.45) is 0.832. The Morgan fingerprint density at radius 2 is 1.63 bits per heavy atom. The van der Waals surface area contributed by atoms with Gasteiger partial charge < -0.3 is 9.53 Å². The summed E-state index contributed by atoms with van der Waals surface area (Å²) >= 11 is 6.22. The van der Waals surface area contributed by atoms with E-state index in [1.54, 1.807) is 6.92 Å². The van der Waals surface area contributed by atoms with Crippen LogP contribution >= 0.6 is 11.6 Å². The Labute approximate surface area is 206 Å². The molecule has 0 N–H and O–H groups in total. The van der Waals surface area contributed by atoms with Crippen LogP contribution in [0, 0.1) is 11.8 Å². The fraction of sp³-hybridized carbons (Fsp3) is 0.214. The molecule has 3 aromatic carbocycles. The molecule has 0 aromatic heterocycles. The van der Waals surface area contributed by atoms with E-state index in [1.165, 1.54) is 18.2 Å². The van der Waals surface area contributed by atoms with Crippen LogP contribution in [0.3, 0.4) is 0 Å². The lowest BCUT2D eigenvalue weighted by Gasteiger charge is -2.51. The molecule has 0 unspecified atom stereocenters. The van der Waals surface area contributed by atoms with Gasteiger partial charge in [-0.15, -0.1) is 0 Å². The van der Waals surface area contributed by atoms with Crippen LogP contribution < -0.4 is 4.90 Å². The minimum absolute atomic E-state index is 0.0705. The third-order valence-electron chi connectivity index (χ3n) is 7.57. The van der Waals surface area contributed by atoms with E-state index in [1.807, 2.05) is 48.5 Å². The van der Waals surface area contributed by atoms with Crippen LogP contribution in [0.25, 0.3) is 0 Å². The van der Waals surface area contributed by atoms with E-state index in [0.29, 0.717) is 0 Å². The number of esters is 1. The minimum atomic E-state index is -1.27. The normalized spacial score (nSPS) is 25.7. The van der Waals surface area contributed by atoms with Crippen molar-refractivity contribution in [1.82, 2.24) is 0 Å². The maximum absolute atomic E-state index is 14.0. The lowest BCUT2D eigenvalue weighted by Crippen LogP contribution is -2.54. The van der Waals surface area contributed by atoms with E-state index in [0.717, 1.165) is 33.4 Å². The van der Waals surface area contributed by atoms with E-state index in [2.05, 4.69) is 0 Å². The second-order valence-corrected chi connectivity index (χ2v) is 9.45. The summed E-state index contributed by atoms with van der Waals surface area (Å²) in [5, 5.41) is 0.160. The molecule has 6 nitrogen and oxygen atoms in total. The standard InChI is InChI=1S/C28H20ClNO5/c1-2-35-27(34)18-13-15(11-12-21(18)29)30-25(32)23-22-16-7-3-5-9-19(16)28(14-31,24(23)26(30)33)20-10-6-4-8-17(20)22/h3-14,22-24H,2H2,1H3/t22?,23-,24-,28?/m0/s1. The first-order valence-electron chi connectivity index (χ1n) is 11.4. The molecule has 3 aromatic rings. The molecule has 1 heterocycles. The molecule has 4 aliphatic rings. The number of imide groups is 1. The first-order chi connectivity index (χ1) is 17.0. The summed E-state index contributed by atoms with van der Waals surface area (Å²) < 4.78 is 5.08. The second kappa shape index (κ2) is 7.62. The van der Waals surface area contributed by atoms with Crippen molar-refractivity contribution < 1.29 is 23.9 Å². The van der Waals surface area contributed by atoms with Crippen LogP contribution in [-0.4, -0.2) is 30.7 Å². The number of carbonyl (C=O) groups is 4. The third kappa shape index (κ3) is 2.66. The van der Waals surface area contributed by atoms with Crippen LogP contribution in [0.5, 0.6) is 0 Å². The number of amides is 2. The van der Waals surface area contributed by atoms with Crippen molar-refractivity contribution in [2.24, 2.45) is 11.8 Å². The lowest BCUT2D eigenvalue weighted by molar-refractivity contribution is -0.128. The van der Waals surface area contributed by atoms with Crippen molar-refractivity contribution in [2.45, 2.75) is 18.3 Å². The van der Waals surface area contributed by atoms with Crippen LogP contribution in [0.15, 0.2) is 66.7 Å². The summed E-state index contributed by atoms with van der Waals surface area (Å²) in [4.78, 5) is 54.5. The highest BCUT2D eigenvalue weighted by Crippen LogP contribution is 2.63. The van der Waals surface area contributed by atoms with Gasteiger partial charge in [0.15, 0.2) is 0 Å². The molecule has 0 spiro atoms. The topological polar surface area (TPSA) is 80.8 Å². The molecule has 3 aliphatic carbocycles. The molecule has 0 saturated carbocycles. The minimum Gasteiger partial charge on any atom is -0.462 e. The number of benzene rings is 3. The Bertz CT molecular complexity index is 1400. The monoisotopic (exact) mass is 485 g/mol. The fourth-order valence-corrected chi connectivity index (χ4v) is 6.50. The molecule has 2 atom stereocenters. The Balaban J connectivity index is 1.55. The predicted molar refractivity (Wildman–Crippen MR) is 128 cm³/mol. The van der Waals surface area contributed by atoms with Crippen molar-refractivity contribution in [3.05, 3.63) is 99.6 Å². The molecular formula is C28H20ClNO5. The van der Waals surface area contributed by atoms with Gasteiger partial charge in [0.05, 0.1) is 40.1 Å². The molecule has 1 aliphatic heterocycles. The van der Waals surface area contributed by atoms with E-state index in [4.69, 9.17) is 16.3 Å². The van der Waals surface area contributed by atoms with Gasteiger partial charge >= 0.3 is 5.97 Å². The molecular weight excluding hydrogens is 466 g/mol. The highest BCUT2D eigenvalue weighted by Gasteiger charge is 2.68. The Hall–Kier alpha value is -3.77. The van der Waals surface area contributed by atoms with Crippen LogP contribution in [0.2, 0.25) is 5.02 Å². The number of halogens is 1. The molecule has 0 radical (unpaired) electrons. The first-order valence-corrected chi connectivity index (χ1v) is 11.8. The average molecular weight is 486 g/mol. The fourth-order valence-electron chi connectivity index (χ4n) is 6.30. The Morgan fingerprint density at radius 3 is 2.23 bits per heavy atom. The van der Waals surface area contributed by atoms with E-state index in [-0.39, 0.29) is 28.8 Å². The number of hydrogen-bond donors (Lipinski definition) is 0. The predicted octanol–water partition coefficient (Wildman–Crippen LogP) is 4.27. The SMILES string of the molecule is CCOC(=O)c1cc(N2C(=O)[C@@H]3[C@@H](C2=O)C2c4ccccc4C3(C=O)c3ccccc32)ccc1Cl. The number of ether oxygens (including phenoxy) is 1. The summed E-state index contributed by atoms with van der Waals surface area (Å²) in [6.45, 7) is 1.84. The maximum atomic E-state index is 14.0. The highest BCUT2D eigenvalue weighted by molar-refractivity contribution is 6.34. The molecule has 174 valence electrons. The quantitative estimate of drug-likeness (QED) is 0.313. The molecule has 1 saturated heterocycles. The third-order valence-corrected chi connectivity index (χ3v) is 7.90. The van der Waals surface area contributed by atoms with Gasteiger partial charge in [0.2, 0.25) is 11.8 Å². The largest absolute Gasteiger partial charge is 0.462 e. The van der Waals surface area contributed by atoms with Gasteiger partial charge in [0, 0.05) is 5.92 Å². The molecule has 2 bridgehead atoms. The van der Waals surface area contributed by atoms with Gasteiger partial charge in [-0.2, -0.15) is 0 Å². The highest BCUT2D eigenvalue weighted by atomic mass is 35.5. The summed E-state index contributed by atoms with van der Waals surface area (Å²) in [6, 6.07) is 19.5. The van der Waals surface area contributed by atoms with Gasteiger partial charge in [-0.1, -0.05) is 60.1 Å².